The average Bonchev–Trinajstić information content (AvgIpc) is 2.69. The van der Waals surface area contributed by atoms with E-state index in [1.165, 1.54) is 5.56 Å². The van der Waals surface area contributed by atoms with Crippen LogP contribution in [0.1, 0.15) is 11.1 Å². The van der Waals surface area contributed by atoms with E-state index in [-0.39, 0.29) is 0 Å². The van der Waals surface area contributed by atoms with Crippen LogP contribution in [0.25, 0.3) is 0 Å². The molecule has 27 heavy (non-hydrogen) atoms. The minimum Gasteiger partial charge on any atom is -0.495 e. The molecule has 0 fully saturated rings. The molecule has 8 heteroatoms. The van der Waals surface area contributed by atoms with Crippen molar-refractivity contribution < 1.29 is 4.74 Å². The smallest absolute Gasteiger partial charge is 0.249 e. The molecular formula is C19H21ClN6O. The van der Waals surface area contributed by atoms with Crippen LogP contribution in [-0.4, -0.2) is 40.9 Å². The summed E-state index contributed by atoms with van der Waals surface area (Å²) in [7, 11) is 3.57. The highest BCUT2D eigenvalue weighted by molar-refractivity contribution is 6.31. The summed E-state index contributed by atoms with van der Waals surface area (Å²) in [6.07, 6.45) is 6.12. The third kappa shape index (κ3) is 4.83. The fourth-order valence-electron chi connectivity index (χ4n) is 2.54. The molecule has 0 saturated heterocycles. The number of methoxy groups -OCH3 is 1. The maximum absolute atomic E-state index is 6.16. The van der Waals surface area contributed by atoms with Crippen molar-refractivity contribution in [1.82, 2.24) is 20.2 Å². The zero-order valence-electron chi connectivity index (χ0n) is 15.5. The molecule has 0 radical (unpaired) electrons. The van der Waals surface area contributed by atoms with Crippen molar-refractivity contribution in [3.63, 3.8) is 0 Å². The zero-order chi connectivity index (χ0) is 19.2. The van der Waals surface area contributed by atoms with Crippen LogP contribution in [0.4, 0.5) is 17.5 Å². The lowest BCUT2D eigenvalue weighted by atomic mass is 10.2. The van der Waals surface area contributed by atoms with E-state index in [1.807, 2.05) is 37.1 Å². The number of likely N-dealkylation sites (N-methyl/N-ethyl adjacent to an activating group) is 1. The maximum atomic E-state index is 6.16. The first-order chi connectivity index (χ1) is 13.1. The molecule has 0 bridgehead atoms. The minimum absolute atomic E-state index is 0.392. The Kier molecular flexibility index (Phi) is 6.03. The number of aryl methyl sites for hydroxylation is 1. The quantitative estimate of drug-likeness (QED) is 0.666. The van der Waals surface area contributed by atoms with Crippen LogP contribution in [0.3, 0.4) is 0 Å². The highest BCUT2D eigenvalue weighted by atomic mass is 35.5. The van der Waals surface area contributed by atoms with Crippen LogP contribution < -0.4 is 15.0 Å². The lowest BCUT2D eigenvalue weighted by Gasteiger charge is -2.18. The molecule has 3 rings (SSSR count). The van der Waals surface area contributed by atoms with E-state index in [9.17, 15) is 0 Å². The summed E-state index contributed by atoms with van der Waals surface area (Å²) in [6, 6.07) is 7.67. The molecule has 0 spiro atoms. The number of nitrogens with zero attached hydrogens (tertiary/aromatic N) is 5. The largest absolute Gasteiger partial charge is 0.495 e. The molecule has 0 unspecified atom stereocenters. The number of nitrogens with one attached hydrogen (secondary N) is 1. The molecule has 3 aromatic rings. The summed E-state index contributed by atoms with van der Waals surface area (Å²) in [6.45, 7) is 2.72. The van der Waals surface area contributed by atoms with Crippen LogP contribution >= 0.6 is 11.6 Å². The normalized spacial score (nSPS) is 10.5. The molecule has 7 nitrogen and oxygen atoms in total. The van der Waals surface area contributed by atoms with Crippen LogP contribution in [-0.2, 0) is 6.42 Å². The highest BCUT2D eigenvalue weighted by Gasteiger charge is 2.11. The Labute approximate surface area is 163 Å². The molecule has 140 valence electrons. The van der Waals surface area contributed by atoms with Crippen molar-refractivity contribution in [1.29, 1.82) is 0 Å². The molecule has 1 aromatic carbocycles. The van der Waals surface area contributed by atoms with Gasteiger partial charge < -0.3 is 15.0 Å². The molecular weight excluding hydrogens is 364 g/mol. The van der Waals surface area contributed by atoms with Gasteiger partial charge in [0.05, 0.1) is 19.0 Å². The van der Waals surface area contributed by atoms with Gasteiger partial charge in [0, 0.05) is 37.1 Å². The SMILES string of the molecule is COc1cc(Cl)c(C)cc1Nc1nncc(N(C)CCc2ccncc2)n1. The summed E-state index contributed by atoms with van der Waals surface area (Å²) in [5.41, 5.74) is 2.88. The first-order valence-corrected chi connectivity index (χ1v) is 8.85. The Hall–Kier alpha value is -2.93. The number of benzene rings is 1. The van der Waals surface area contributed by atoms with Crippen LogP contribution in [0.15, 0.2) is 42.9 Å². The van der Waals surface area contributed by atoms with Crippen molar-refractivity contribution in [2.75, 3.05) is 30.9 Å². The number of rotatable bonds is 7. The highest BCUT2D eigenvalue weighted by Crippen LogP contribution is 2.32. The van der Waals surface area contributed by atoms with E-state index < -0.39 is 0 Å². The maximum Gasteiger partial charge on any atom is 0.249 e. The van der Waals surface area contributed by atoms with Gasteiger partial charge in [-0.15, -0.1) is 5.10 Å². The van der Waals surface area contributed by atoms with Crippen molar-refractivity contribution in [3.05, 3.63) is 59.0 Å². The second kappa shape index (κ2) is 8.64. The Morgan fingerprint density at radius 3 is 2.74 bits per heavy atom. The second-order valence-electron chi connectivity index (χ2n) is 6.09. The summed E-state index contributed by atoms with van der Waals surface area (Å²) in [4.78, 5) is 10.6. The number of hydrogen-bond acceptors (Lipinski definition) is 7. The lowest BCUT2D eigenvalue weighted by Crippen LogP contribution is -2.22. The number of halogens is 1. The van der Waals surface area contributed by atoms with Crippen molar-refractivity contribution >= 4 is 29.1 Å². The van der Waals surface area contributed by atoms with Crippen LogP contribution in [0.2, 0.25) is 5.02 Å². The van der Waals surface area contributed by atoms with Gasteiger partial charge in [0.15, 0.2) is 5.82 Å². The molecule has 0 saturated carbocycles. The molecule has 0 aliphatic carbocycles. The van der Waals surface area contributed by atoms with Crippen molar-refractivity contribution in [3.8, 4) is 5.75 Å². The van der Waals surface area contributed by atoms with Crippen LogP contribution in [0, 0.1) is 6.92 Å². The summed E-state index contributed by atoms with van der Waals surface area (Å²) in [5, 5.41) is 11.9. The summed E-state index contributed by atoms with van der Waals surface area (Å²) >= 11 is 6.16. The van der Waals surface area contributed by atoms with Gasteiger partial charge >= 0.3 is 0 Å². The Morgan fingerprint density at radius 1 is 1.22 bits per heavy atom. The minimum atomic E-state index is 0.392. The standard InChI is InChI=1S/C19H21ClN6O/c1-13-10-16(17(27-3)11-15(13)20)23-19-24-18(12-22-25-19)26(2)9-6-14-4-7-21-8-5-14/h4-5,7-8,10-12H,6,9H2,1-3H3,(H,23,24,25). The average molecular weight is 385 g/mol. The van der Waals surface area contributed by atoms with Gasteiger partial charge in [0.1, 0.15) is 5.75 Å². The first-order valence-electron chi connectivity index (χ1n) is 8.47. The van der Waals surface area contributed by atoms with E-state index in [2.05, 4.69) is 25.5 Å². The first kappa shape index (κ1) is 18.8. The number of ether oxygens (including phenoxy) is 1. The molecule has 2 heterocycles. The Morgan fingerprint density at radius 2 is 2.00 bits per heavy atom. The second-order valence-corrected chi connectivity index (χ2v) is 6.50. The molecule has 0 aliphatic rings. The van der Waals surface area contributed by atoms with Crippen LogP contribution in [0.5, 0.6) is 5.75 Å². The molecule has 0 aliphatic heterocycles. The van der Waals surface area contributed by atoms with Gasteiger partial charge in [0.2, 0.25) is 5.95 Å². The topological polar surface area (TPSA) is 76.1 Å². The number of pyridine rings is 1. The third-order valence-electron chi connectivity index (χ3n) is 4.15. The molecule has 1 N–H and O–H groups in total. The van der Waals surface area contributed by atoms with Gasteiger partial charge in [0.25, 0.3) is 0 Å². The van der Waals surface area contributed by atoms with Gasteiger partial charge in [-0.3, -0.25) is 4.98 Å². The fraction of sp³-hybridized carbons (Fsp3) is 0.263. The third-order valence-corrected chi connectivity index (χ3v) is 4.56. The van der Waals surface area contributed by atoms with Gasteiger partial charge in [-0.2, -0.15) is 10.1 Å². The van der Waals surface area contributed by atoms with Crippen molar-refractivity contribution in [2.24, 2.45) is 0 Å². The van der Waals surface area contributed by atoms with Gasteiger partial charge in [-0.1, -0.05) is 11.6 Å². The fourth-order valence-corrected chi connectivity index (χ4v) is 2.70. The van der Waals surface area contributed by atoms with Crippen molar-refractivity contribution in [2.45, 2.75) is 13.3 Å². The number of anilines is 3. The van der Waals surface area contributed by atoms with Gasteiger partial charge in [-0.05, 0) is 42.7 Å². The van der Waals surface area contributed by atoms with E-state index in [0.717, 1.165) is 30.0 Å². The Bertz CT molecular complexity index is 906. The number of hydrogen-bond donors (Lipinski definition) is 1. The molecule has 0 atom stereocenters. The summed E-state index contributed by atoms with van der Waals surface area (Å²) < 4.78 is 5.38. The van der Waals surface area contributed by atoms with E-state index in [0.29, 0.717) is 16.7 Å². The predicted molar refractivity (Wildman–Crippen MR) is 107 cm³/mol. The van der Waals surface area contributed by atoms with E-state index in [4.69, 9.17) is 16.3 Å². The lowest BCUT2D eigenvalue weighted by molar-refractivity contribution is 0.416. The van der Waals surface area contributed by atoms with Gasteiger partial charge in [-0.25, -0.2) is 0 Å². The molecule has 0 amide bonds. The van der Waals surface area contributed by atoms with E-state index >= 15 is 0 Å². The number of aromatic nitrogens is 4. The molecule has 2 aromatic heterocycles. The van der Waals surface area contributed by atoms with E-state index in [1.54, 1.807) is 31.8 Å². The monoisotopic (exact) mass is 384 g/mol. The summed E-state index contributed by atoms with van der Waals surface area (Å²) in [5.74, 6) is 1.74. The Balaban J connectivity index is 1.73. The predicted octanol–water partition coefficient (Wildman–Crippen LogP) is 3.66. The zero-order valence-corrected chi connectivity index (χ0v) is 16.2.